The predicted molar refractivity (Wildman–Crippen MR) is 62.0 cm³/mol. The van der Waals surface area contributed by atoms with Crippen LogP contribution in [0.15, 0.2) is 18.2 Å². The molecular weight excluding hydrogens is 224 g/mol. The van der Waals surface area contributed by atoms with Crippen LogP contribution in [0.2, 0.25) is 0 Å². The van der Waals surface area contributed by atoms with Crippen LogP contribution in [0, 0.1) is 0 Å². The summed E-state index contributed by atoms with van der Waals surface area (Å²) in [6.45, 7) is 0.565. The Kier molecular flexibility index (Phi) is 4.74. The van der Waals surface area contributed by atoms with Gasteiger partial charge in [-0.15, -0.1) is 0 Å². The van der Waals surface area contributed by atoms with Crippen LogP contribution in [0.5, 0.6) is 11.5 Å². The van der Waals surface area contributed by atoms with E-state index >= 15 is 0 Å². The van der Waals surface area contributed by atoms with Gasteiger partial charge < -0.3 is 26.0 Å². The molecule has 1 aromatic carbocycles. The molecule has 0 spiro atoms. The highest BCUT2D eigenvalue weighted by Crippen LogP contribution is 2.24. The van der Waals surface area contributed by atoms with Crippen molar-refractivity contribution in [2.24, 2.45) is 5.73 Å². The van der Waals surface area contributed by atoms with E-state index in [1.165, 1.54) is 25.3 Å². The molecule has 0 bridgehead atoms. The highest BCUT2D eigenvalue weighted by Gasteiger charge is 2.13. The minimum atomic E-state index is -0.382. The third-order valence-corrected chi connectivity index (χ3v) is 2.23. The van der Waals surface area contributed by atoms with Gasteiger partial charge in [-0.05, 0) is 18.2 Å². The molecule has 0 radical (unpaired) electrons. The van der Waals surface area contributed by atoms with Gasteiger partial charge in [-0.3, -0.25) is 4.79 Å². The summed E-state index contributed by atoms with van der Waals surface area (Å²) in [5.74, 6) is -0.990. The standard InChI is InChI=1S/C11H16N2O4/c1-17-6-8(5-12)13-11(16)7-2-3-9(14)10(15)4-7/h2-4,8,14-15H,5-6,12H2,1H3,(H,13,16). The molecule has 0 aliphatic heterocycles. The van der Waals surface area contributed by atoms with Crippen LogP contribution in [-0.4, -0.2) is 42.4 Å². The monoisotopic (exact) mass is 240 g/mol. The third-order valence-electron chi connectivity index (χ3n) is 2.23. The second kappa shape index (κ2) is 6.07. The van der Waals surface area contributed by atoms with Gasteiger partial charge in [0.15, 0.2) is 11.5 Å². The van der Waals surface area contributed by atoms with Gasteiger partial charge in [0.25, 0.3) is 5.91 Å². The lowest BCUT2D eigenvalue weighted by Crippen LogP contribution is -2.43. The summed E-state index contributed by atoms with van der Waals surface area (Å²) in [7, 11) is 1.52. The van der Waals surface area contributed by atoms with E-state index in [9.17, 15) is 9.90 Å². The van der Waals surface area contributed by atoms with Gasteiger partial charge in [-0.1, -0.05) is 0 Å². The molecule has 0 aliphatic carbocycles. The van der Waals surface area contributed by atoms with Crippen molar-refractivity contribution in [3.05, 3.63) is 23.8 Å². The minimum Gasteiger partial charge on any atom is -0.504 e. The normalized spacial score (nSPS) is 12.1. The number of rotatable bonds is 5. The first-order chi connectivity index (χ1) is 8.08. The molecule has 6 heteroatoms. The van der Waals surface area contributed by atoms with Crippen molar-refractivity contribution in [3.63, 3.8) is 0 Å². The molecule has 0 heterocycles. The Morgan fingerprint density at radius 2 is 2.18 bits per heavy atom. The Morgan fingerprint density at radius 3 is 2.71 bits per heavy atom. The number of phenols is 2. The van der Waals surface area contributed by atoms with Crippen molar-refractivity contribution >= 4 is 5.91 Å². The van der Waals surface area contributed by atoms with Crippen molar-refractivity contribution in [1.82, 2.24) is 5.32 Å². The van der Waals surface area contributed by atoms with E-state index in [4.69, 9.17) is 15.6 Å². The Hall–Kier alpha value is -1.79. The number of phenolic OH excluding ortho intramolecular Hbond substituents is 2. The van der Waals surface area contributed by atoms with Crippen LogP contribution < -0.4 is 11.1 Å². The molecule has 0 saturated heterocycles. The maximum absolute atomic E-state index is 11.7. The largest absolute Gasteiger partial charge is 0.504 e. The number of methoxy groups -OCH3 is 1. The van der Waals surface area contributed by atoms with E-state index in [0.29, 0.717) is 6.61 Å². The number of benzene rings is 1. The smallest absolute Gasteiger partial charge is 0.251 e. The molecule has 5 N–H and O–H groups in total. The second-order valence-electron chi connectivity index (χ2n) is 3.56. The molecular formula is C11H16N2O4. The molecule has 0 saturated carbocycles. The van der Waals surface area contributed by atoms with Crippen molar-refractivity contribution in [2.45, 2.75) is 6.04 Å². The van der Waals surface area contributed by atoms with Crippen LogP contribution in [0.4, 0.5) is 0 Å². The van der Waals surface area contributed by atoms with Gasteiger partial charge in [0.05, 0.1) is 12.6 Å². The number of aromatic hydroxyl groups is 2. The minimum absolute atomic E-state index is 0.245. The zero-order valence-electron chi connectivity index (χ0n) is 9.51. The molecule has 1 atom stereocenters. The lowest BCUT2D eigenvalue weighted by atomic mass is 10.1. The molecule has 0 aliphatic rings. The number of carbonyl (C=O) groups is 1. The van der Waals surface area contributed by atoms with Crippen molar-refractivity contribution < 1.29 is 19.7 Å². The topological polar surface area (TPSA) is 105 Å². The quantitative estimate of drug-likeness (QED) is 0.533. The molecule has 1 rings (SSSR count). The molecule has 0 aromatic heterocycles. The number of ether oxygens (including phenoxy) is 1. The summed E-state index contributed by atoms with van der Waals surface area (Å²) in [6, 6.07) is 3.55. The first-order valence-electron chi connectivity index (χ1n) is 5.10. The summed E-state index contributed by atoms with van der Waals surface area (Å²) in [5, 5.41) is 21.0. The van der Waals surface area contributed by atoms with E-state index in [0.717, 1.165) is 0 Å². The number of carbonyl (C=O) groups excluding carboxylic acids is 1. The predicted octanol–water partition coefficient (Wildman–Crippen LogP) is -0.199. The Labute approximate surface area is 99.0 Å². The fourth-order valence-electron chi connectivity index (χ4n) is 1.30. The maximum Gasteiger partial charge on any atom is 0.251 e. The number of amides is 1. The summed E-state index contributed by atoms with van der Waals surface area (Å²) >= 11 is 0. The van der Waals surface area contributed by atoms with E-state index in [2.05, 4.69) is 5.32 Å². The van der Waals surface area contributed by atoms with Gasteiger partial charge >= 0.3 is 0 Å². The van der Waals surface area contributed by atoms with Gasteiger partial charge in [-0.25, -0.2) is 0 Å². The third kappa shape index (κ3) is 3.61. The number of hydrogen-bond donors (Lipinski definition) is 4. The second-order valence-corrected chi connectivity index (χ2v) is 3.56. The SMILES string of the molecule is COCC(CN)NC(=O)c1ccc(O)c(O)c1. The lowest BCUT2D eigenvalue weighted by Gasteiger charge is -2.15. The molecule has 1 unspecified atom stereocenters. The summed E-state index contributed by atoms with van der Waals surface area (Å²) in [5.41, 5.74) is 5.70. The van der Waals surface area contributed by atoms with Crippen LogP contribution >= 0.6 is 0 Å². The van der Waals surface area contributed by atoms with E-state index < -0.39 is 0 Å². The van der Waals surface area contributed by atoms with E-state index in [1.54, 1.807) is 0 Å². The average molecular weight is 240 g/mol. The van der Waals surface area contributed by atoms with Crippen molar-refractivity contribution in [2.75, 3.05) is 20.3 Å². The highest BCUT2D eigenvalue weighted by molar-refractivity contribution is 5.95. The summed E-state index contributed by atoms with van der Waals surface area (Å²) in [4.78, 5) is 11.7. The summed E-state index contributed by atoms with van der Waals surface area (Å²) in [6.07, 6.45) is 0. The molecule has 1 aromatic rings. The molecule has 94 valence electrons. The zero-order chi connectivity index (χ0) is 12.8. The van der Waals surface area contributed by atoms with Gasteiger partial charge in [0, 0.05) is 19.2 Å². The lowest BCUT2D eigenvalue weighted by molar-refractivity contribution is 0.0900. The average Bonchev–Trinajstić information content (AvgIpc) is 2.31. The Bertz CT molecular complexity index is 395. The van der Waals surface area contributed by atoms with Crippen LogP contribution in [0.1, 0.15) is 10.4 Å². The Balaban J connectivity index is 2.72. The van der Waals surface area contributed by atoms with Gasteiger partial charge in [-0.2, -0.15) is 0 Å². The first kappa shape index (κ1) is 13.3. The van der Waals surface area contributed by atoms with E-state index in [1.807, 2.05) is 0 Å². The Morgan fingerprint density at radius 1 is 1.47 bits per heavy atom. The van der Waals surface area contributed by atoms with Crippen molar-refractivity contribution in [3.8, 4) is 11.5 Å². The summed E-state index contributed by atoms with van der Waals surface area (Å²) < 4.78 is 4.89. The molecule has 1 amide bonds. The van der Waals surface area contributed by atoms with Gasteiger partial charge in [0.2, 0.25) is 0 Å². The fourth-order valence-corrected chi connectivity index (χ4v) is 1.30. The van der Waals surface area contributed by atoms with Crippen LogP contribution in [0.25, 0.3) is 0 Å². The number of nitrogens with two attached hydrogens (primary N) is 1. The fraction of sp³-hybridized carbons (Fsp3) is 0.364. The molecule has 6 nitrogen and oxygen atoms in total. The maximum atomic E-state index is 11.7. The van der Waals surface area contributed by atoms with E-state index in [-0.39, 0.29) is 35.6 Å². The van der Waals surface area contributed by atoms with Gasteiger partial charge in [0.1, 0.15) is 0 Å². The van der Waals surface area contributed by atoms with Crippen LogP contribution in [-0.2, 0) is 4.74 Å². The molecule has 17 heavy (non-hydrogen) atoms. The zero-order valence-corrected chi connectivity index (χ0v) is 9.51. The van der Waals surface area contributed by atoms with Crippen LogP contribution in [0.3, 0.4) is 0 Å². The molecule has 0 fully saturated rings. The van der Waals surface area contributed by atoms with Crippen molar-refractivity contribution in [1.29, 1.82) is 0 Å². The number of nitrogens with one attached hydrogen (secondary N) is 1. The number of hydrogen-bond acceptors (Lipinski definition) is 5. The highest BCUT2D eigenvalue weighted by atomic mass is 16.5. The first-order valence-corrected chi connectivity index (χ1v) is 5.10.